The molecule has 3 rings (SSSR count). The Hall–Kier alpha value is -2.99. The number of halogens is 1. The third-order valence-electron chi connectivity index (χ3n) is 3.74. The van der Waals surface area contributed by atoms with E-state index in [-0.39, 0.29) is 5.91 Å². The van der Waals surface area contributed by atoms with Crippen molar-refractivity contribution in [3.05, 3.63) is 59.2 Å². The summed E-state index contributed by atoms with van der Waals surface area (Å²) in [6.07, 6.45) is 1.49. The highest BCUT2D eigenvalue weighted by Gasteiger charge is 2.16. The van der Waals surface area contributed by atoms with Crippen molar-refractivity contribution in [2.75, 3.05) is 19.0 Å². The monoisotopic (exact) mass is 371 g/mol. The highest BCUT2D eigenvalue weighted by molar-refractivity contribution is 6.30. The van der Waals surface area contributed by atoms with Crippen LogP contribution in [0.5, 0.6) is 11.5 Å². The van der Waals surface area contributed by atoms with E-state index in [1.165, 1.54) is 6.20 Å². The molecule has 0 radical (unpaired) electrons. The number of hydrogen-bond donors (Lipinski definition) is 2. The number of hydrogen-bond acceptors (Lipinski definition) is 4. The summed E-state index contributed by atoms with van der Waals surface area (Å²) in [6.45, 7) is 2.42. The molecule has 0 aliphatic rings. The van der Waals surface area contributed by atoms with Crippen molar-refractivity contribution in [2.45, 2.75) is 6.92 Å². The second-order valence-electron chi connectivity index (χ2n) is 5.42. The van der Waals surface area contributed by atoms with Crippen molar-refractivity contribution < 1.29 is 14.3 Å². The molecule has 2 N–H and O–H groups in total. The Bertz CT molecular complexity index is 907. The topological polar surface area (TPSA) is 76.2 Å². The average Bonchev–Trinajstić information content (AvgIpc) is 3.13. The van der Waals surface area contributed by atoms with Crippen molar-refractivity contribution in [1.29, 1.82) is 0 Å². The summed E-state index contributed by atoms with van der Waals surface area (Å²) in [5.74, 6) is 0.892. The van der Waals surface area contributed by atoms with Crippen molar-refractivity contribution in [2.24, 2.45) is 0 Å². The van der Waals surface area contributed by atoms with Crippen LogP contribution in [0.3, 0.4) is 0 Å². The van der Waals surface area contributed by atoms with E-state index in [0.29, 0.717) is 40.1 Å². The number of benzene rings is 2. The van der Waals surface area contributed by atoms with Gasteiger partial charge >= 0.3 is 0 Å². The fourth-order valence-corrected chi connectivity index (χ4v) is 2.64. The number of nitrogens with one attached hydrogen (secondary N) is 2. The molecule has 26 heavy (non-hydrogen) atoms. The zero-order chi connectivity index (χ0) is 18.5. The summed E-state index contributed by atoms with van der Waals surface area (Å²) >= 11 is 5.92. The van der Waals surface area contributed by atoms with Crippen LogP contribution in [0.2, 0.25) is 5.02 Å². The van der Waals surface area contributed by atoms with Gasteiger partial charge in [-0.05, 0) is 31.2 Å². The summed E-state index contributed by atoms with van der Waals surface area (Å²) in [6, 6.07) is 12.4. The highest BCUT2D eigenvalue weighted by Crippen LogP contribution is 2.31. The molecular formula is C19H18ClN3O3. The fourth-order valence-electron chi connectivity index (χ4n) is 2.51. The summed E-state index contributed by atoms with van der Waals surface area (Å²) < 4.78 is 10.8. The molecule has 0 saturated heterocycles. The third kappa shape index (κ3) is 3.81. The lowest BCUT2D eigenvalue weighted by atomic mass is 10.1. The van der Waals surface area contributed by atoms with E-state index in [9.17, 15) is 4.79 Å². The minimum Gasteiger partial charge on any atom is -0.493 e. The van der Waals surface area contributed by atoms with E-state index in [4.69, 9.17) is 21.1 Å². The predicted octanol–water partition coefficient (Wildman–Crippen LogP) is 4.39. The molecule has 2 aromatic carbocycles. The summed E-state index contributed by atoms with van der Waals surface area (Å²) in [5, 5.41) is 10.3. The Morgan fingerprint density at radius 1 is 1.19 bits per heavy atom. The lowest BCUT2D eigenvalue weighted by Gasteiger charge is -2.12. The minimum absolute atomic E-state index is 0.282. The number of amides is 1. The lowest BCUT2D eigenvalue weighted by molar-refractivity contribution is 0.102. The standard InChI is InChI=1S/C19H18ClN3O3/c1-3-26-16-9-8-14(10-17(16)25-2)22-19(24)15-11-21-23-18(15)12-4-6-13(20)7-5-12/h4-11H,3H2,1-2H3,(H,21,23)(H,22,24). The Morgan fingerprint density at radius 3 is 2.65 bits per heavy atom. The van der Waals surface area contributed by atoms with Crippen LogP contribution >= 0.6 is 11.6 Å². The number of carbonyl (C=O) groups is 1. The minimum atomic E-state index is -0.282. The third-order valence-corrected chi connectivity index (χ3v) is 3.99. The van der Waals surface area contributed by atoms with Crippen LogP contribution in [0.4, 0.5) is 5.69 Å². The maximum Gasteiger partial charge on any atom is 0.259 e. The molecule has 1 heterocycles. The molecule has 0 spiro atoms. The summed E-state index contributed by atoms with van der Waals surface area (Å²) in [4.78, 5) is 12.7. The zero-order valence-electron chi connectivity index (χ0n) is 14.4. The molecule has 0 atom stereocenters. The van der Waals surface area contributed by atoms with Gasteiger partial charge in [-0.25, -0.2) is 0 Å². The molecule has 0 aliphatic heterocycles. The molecule has 0 bridgehead atoms. The number of H-pyrrole nitrogens is 1. The van der Waals surface area contributed by atoms with Gasteiger partial charge in [0, 0.05) is 22.3 Å². The first-order chi connectivity index (χ1) is 12.6. The predicted molar refractivity (Wildman–Crippen MR) is 101 cm³/mol. The largest absolute Gasteiger partial charge is 0.493 e. The first-order valence-corrected chi connectivity index (χ1v) is 8.41. The molecule has 1 amide bonds. The average molecular weight is 372 g/mol. The first-order valence-electron chi connectivity index (χ1n) is 8.04. The maximum atomic E-state index is 12.7. The summed E-state index contributed by atoms with van der Waals surface area (Å²) in [5.41, 5.74) is 2.47. The zero-order valence-corrected chi connectivity index (χ0v) is 15.1. The van der Waals surface area contributed by atoms with E-state index < -0.39 is 0 Å². The first kappa shape index (κ1) is 17.8. The smallest absolute Gasteiger partial charge is 0.259 e. The fraction of sp³-hybridized carbons (Fsp3) is 0.158. The van der Waals surface area contributed by atoms with Crippen LogP contribution in [0.15, 0.2) is 48.7 Å². The maximum absolute atomic E-state index is 12.7. The van der Waals surface area contributed by atoms with Crippen LogP contribution < -0.4 is 14.8 Å². The van der Waals surface area contributed by atoms with E-state index in [2.05, 4.69) is 15.5 Å². The molecule has 1 aromatic heterocycles. The quantitative estimate of drug-likeness (QED) is 0.673. The molecular weight excluding hydrogens is 354 g/mol. The van der Waals surface area contributed by atoms with Crippen molar-refractivity contribution in [3.8, 4) is 22.8 Å². The van der Waals surface area contributed by atoms with Gasteiger partial charge in [-0.2, -0.15) is 5.10 Å². The number of rotatable bonds is 6. The number of nitrogens with zero attached hydrogens (tertiary/aromatic N) is 1. The SMILES string of the molecule is CCOc1ccc(NC(=O)c2cn[nH]c2-c2ccc(Cl)cc2)cc1OC. The molecule has 0 unspecified atom stereocenters. The highest BCUT2D eigenvalue weighted by atomic mass is 35.5. The van der Waals surface area contributed by atoms with Crippen LogP contribution in [0.25, 0.3) is 11.3 Å². The van der Waals surface area contributed by atoms with Crippen molar-refractivity contribution >= 4 is 23.2 Å². The second-order valence-corrected chi connectivity index (χ2v) is 5.85. The number of aromatic amines is 1. The summed E-state index contributed by atoms with van der Waals surface area (Å²) in [7, 11) is 1.55. The Balaban J connectivity index is 1.83. The molecule has 6 nitrogen and oxygen atoms in total. The molecule has 7 heteroatoms. The van der Waals surface area contributed by atoms with Gasteiger partial charge in [-0.15, -0.1) is 0 Å². The molecule has 3 aromatic rings. The van der Waals surface area contributed by atoms with Gasteiger partial charge < -0.3 is 14.8 Å². The Morgan fingerprint density at radius 2 is 1.96 bits per heavy atom. The van der Waals surface area contributed by atoms with E-state index in [0.717, 1.165) is 5.56 Å². The van der Waals surface area contributed by atoms with Gasteiger partial charge in [-0.1, -0.05) is 23.7 Å². The molecule has 0 fully saturated rings. The van der Waals surface area contributed by atoms with Crippen LogP contribution in [0, 0.1) is 0 Å². The van der Waals surface area contributed by atoms with E-state index in [1.807, 2.05) is 19.1 Å². The van der Waals surface area contributed by atoms with Gasteiger partial charge in [0.15, 0.2) is 11.5 Å². The number of aromatic nitrogens is 2. The molecule has 0 aliphatic carbocycles. The Labute approximate surface area is 156 Å². The normalized spacial score (nSPS) is 10.4. The van der Waals surface area contributed by atoms with Gasteiger partial charge in [0.2, 0.25) is 0 Å². The number of methoxy groups -OCH3 is 1. The van der Waals surface area contributed by atoms with Crippen LogP contribution in [0.1, 0.15) is 17.3 Å². The van der Waals surface area contributed by atoms with E-state index in [1.54, 1.807) is 37.4 Å². The van der Waals surface area contributed by atoms with Crippen LogP contribution in [-0.4, -0.2) is 29.8 Å². The molecule has 134 valence electrons. The second kappa shape index (κ2) is 7.93. The van der Waals surface area contributed by atoms with Crippen molar-refractivity contribution in [1.82, 2.24) is 10.2 Å². The van der Waals surface area contributed by atoms with Gasteiger partial charge in [-0.3, -0.25) is 9.89 Å². The number of ether oxygens (including phenoxy) is 2. The van der Waals surface area contributed by atoms with Crippen molar-refractivity contribution in [3.63, 3.8) is 0 Å². The molecule has 0 saturated carbocycles. The van der Waals surface area contributed by atoms with Gasteiger partial charge in [0.25, 0.3) is 5.91 Å². The Kier molecular flexibility index (Phi) is 5.43. The lowest BCUT2D eigenvalue weighted by Crippen LogP contribution is -2.12. The number of carbonyl (C=O) groups excluding carboxylic acids is 1. The van der Waals surface area contributed by atoms with Crippen LogP contribution in [-0.2, 0) is 0 Å². The van der Waals surface area contributed by atoms with Gasteiger partial charge in [0.1, 0.15) is 0 Å². The van der Waals surface area contributed by atoms with Gasteiger partial charge in [0.05, 0.1) is 31.2 Å². The van der Waals surface area contributed by atoms with E-state index >= 15 is 0 Å². The number of anilines is 1.